The first kappa shape index (κ1) is 16.2. The quantitative estimate of drug-likeness (QED) is 0.740. The van der Waals surface area contributed by atoms with E-state index in [1.807, 2.05) is 0 Å². The Balaban J connectivity index is 0.00000162. The molecule has 3 unspecified atom stereocenters. The molecule has 2 N–H and O–H groups in total. The number of ether oxygens (including phenoxy) is 2. The van der Waals surface area contributed by atoms with Crippen LogP contribution in [0.1, 0.15) is 19.3 Å². The Hall–Kier alpha value is 0.130. The average molecular weight is 279 g/mol. The molecule has 0 aromatic heterocycles. The van der Waals surface area contributed by atoms with Gasteiger partial charge in [0.05, 0.1) is 19.8 Å². The maximum absolute atomic E-state index is 6.20. The van der Waals surface area contributed by atoms with Crippen molar-refractivity contribution in [3.63, 3.8) is 0 Å². The largest absolute Gasteiger partial charge is 0.382 e. The van der Waals surface area contributed by atoms with E-state index in [9.17, 15) is 0 Å². The number of nitrogens with two attached hydrogens (primary N) is 1. The molecule has 0 bridgehead atoms. The molecule has 0 aromatic rings. The molecule has 2 aliphatic rings. The van der Waals surface area contributed by atoms with Crippen LogP contribution < -0.4 is 5.73 Å². The molecule has 1 aliphatic carbocycles. The first-order valence-corrected chi connectivity index (χ1v) is 6.86. The van der Waals surface area contributed by atoms with Crippen molar-refractivity contribution in [1.29, 1.82) is 0 Å². The van der Waals surface area contributed by atoms with Gasteiger partial charge in [-0.1, -0.05) is 6.42 Å². The summed E-state index contributed by atoms with van der Waals surface area (Å²) >= 11 is 0. The smallest absolute Gasteiger partial charge is 0.0700 e. The molecule has 18 heavy (non-hydrogen) atoms. The van der Waals surface area contributed by atoms with E-state index in [4.69, 9.17) is 15.2 Å². The highest BCUT2D eigenvalue weighted by atomic mass is 35.5. The second kappa shape index (κ2) is 8.33. The van der Waals surface area contributed by atoms with Crippen molar-refractivity contribution in [1.82, 2.24) is 4.90 Å². The highest BCUT2D eigenvalue weighted by molar-refractivity contribution is 5.85. The molecule has 0 spiro atoms. The molecule has 1 saturated carbocycles. The van der Waals surface area contributed by atoms with Gasteiger partial charge in [0.2, 0.25) is 0 Å². The van der Waals surface area contributed by atoms with E-state index in [1.54, 1.807) is 7.11 Å². The first-order valence-electron chi connectivity index (χ1n) is 6.86. The zero-order valence-corrected chi connectivity index (χ0v) is 12.2. The molecule has 0 radical (unpaired) electrons. The molecular weight excluding hydrogens is 252 g/mol. The lowest BCUT2D eigenvalue weighted by atomic mass is 9.78. The standard InChI is InChI=1S/C13H26N2O2.ClH/c1-16-7-8-17-6-5-15-9-11-3-2-4-13(14)12(11)10-15;/h11-13H,2-10,14H2,1H3;1H. The number of halogens is 1. The molecule has 4 nitrogen and oxygen atoms in total. The van der Waals surface area contributed by atoms with Crippen LogP contribution in [-0.4, -0.2) is 57.5 Å². The SMILES string of the molecule is COCCOCCN1CC2CCCC(N)C2C1.Cl. The Bertz CT molecular complexity index is 231. The summed E-state index contributed by atoms with van der Waals surface area (Å²) in [7, 11) is 1.70. The molecular formula is C13H27ClN2O2. The van der Waals surface area contributed by atoms with Gasteiger partial charge in [-0.2, -0.15) is 0 Å². The van der Waals surface area contributed by atoms with Gasteiger partial charge in [-0.15, -0.1) is 12.4 Å². The molecule has 1 saturated heterocycles. The summed E-state index contributed by atoms with van der Waals surface area (Å²) in [4.78, 5) is 2.52. The highest BCUT2D eigenvalue weighted by Gasteiger charge is 2.38. The Morgan fingerprint density at radius 1 is 1.17 bits per heavy atom. The fourth-order valence-corrected chi connectivity index (χ4v) is 3.23. The molecule has 2 rings (SSSR count). The summed E-state index contributed by atoms with van der Waals surface area (Å²) < 4.78 is 10.5. The topological polar surface area (TPSA) is 47.7 Å². The number of hydrogen-bond acceptors (Lipinski definition) is 4. The van der Waals surface area contributed by atoms with Crippen molar-refractivity contribution in [3.8, 4) is 0 Å². The van der Waals surface area contributed by atoms with E-state index in [0.717, 1.165) is 25.0 Å². The van der Waals surface area contributed by atoms with Crippen molar-refractivity contribution in [2.75, 3.05) is 46.6 Å². The monoisotopic (exact) mass is 278 g/mol. The van der Waals surface area contributed by atoms with Crippen molar-refractivity contribution in [2.45, 2.75) is 25.3 Å². The van der Waals surface area contributed by atoms with Crippen LogP contribution in [0, 0.1) is 11.8 Å². The van der Waals surface area contributed by atoms with Crippen LogP contribution in [0.3, 0.4) is 0 Å². The number of nitrogens with zero attached hydrogens (tertiary/aromatic N) is 1. The predicted molar refractivity (Wildman–Crippen MR) is 75.2 cm³/mol. The number of methoxy groups -OCH3 is 1. The van der Waals surface area contributed by atoms with Crippen LogP contribution in [0.4, 0.5) is 0 Å². The zero-order valence-electron chi connectivity index (χ0n) is 11.3. The Morgan fingerprint density at radius 3 is 2.72 bits per heavy atom. The normalized spacial score (nSPS) is 32.0. The first-order chi connectivity index (χ1) is 8.31. The summed E-state index contributed by atoms with van der Waals surface area (Å²) in [6.07, 6.45) is 3.92. The second-order valence-corrected chi connectivity index (χ2v) is 5.38. The van der Waals surface area contributed by atoms with Gasteiger partial charge in [-0.05, 0) is 24.7 Å². The lowest BCUT2D eigenvalue weighted by Gasteiger charge is -2.29. The van der Waals surface area contributed by atoms with Gasteiger partial charge >= 0.3 is 0 Å². The number of likely N-dealkylation sites (tertiary alicyclic amines) is 1. The van der Waals surface area contributed by atoms with Crippen molar-refractivity contribution in [3.05, 3.63) is 0 Å². The van der Waals surface area contributed by atoms with Crippen LogP contribution in [0.15, 0.2) is 0 Å². The minimum atomic E-state index is 0. The number of hydrogen-bond donors (Lipinski definition) is 1. The zero-order chi connectivity index (χ0) is 12.1. The van der Waals surface area contributed by atoms with Crippen molar-refractivity contribution >= 4 is 12.4 Å². The maximum atomic E-state index is 6.20. The second-order valence-electron chi connectivity index (χ2n) is 5.38. The lowest BCUT2D eigenvalue weighted by Crippen LogP contribution is -2.38. The van der Waals surface area contributed by atoms with Gasteiger partial charge in [-0.3, -0.25) is 0 Å². The van der Waals surface area contributed by atoms with E-state index < -0.39 is 0 Å². The lowest BCUT2D eigenvalue weighted by molar-refractivity contribution is 0.0596. The average Bonchev–Trinajstić information content (AvgIpc) is 2.73. The van der Waals surface area contributed by atoms with Crippen LogP contribution >= 0.6 is 12.4 Å². The fourth-order valence-electron chi connectivity index (χ4n) is 3.23. The minimum Gasteiger partial charge on any atom is -0.382 e. The molecule has 2 fully saturated rings. The summed E-state index contributed by atoms with van der Waals surface area (Å²) in [5, 5.41) is 0. The molecule has 5 heteroatoms. The van der Waals surface area contributed by atoms with Gasteiger partial charge in [-0.25, -0.2) is 0 Å². The minimum absolute atomic E-state index is 0. The Labute approximate surface area is 117 Å². The molecule has 1 heterocycles. The van der Waals surface area contributed by atoms with Gasteiger partial charge in [0.1, 0.15) is 0 Å². The summed E-state index contributed by atoms with van der Waals surface area (Å²) in [6.45, 7) is 5.67. The predicted octanol–water partition coefficient (Wildman–Crippen LogP) is 1.13. The third kappa shape index (κ3) is 4.35. The Kier molecular flexibility index (Phi) is 7.49. The number of fused-ring (bicyclic) bond motifs is 1. The highest BCUT2D eigenvalue weighted by Crippen LogP contribution is 2.35. The van der Waals surface area contributed by atoms with Gasteiger partial charge in [0, 0.05) is 32.8 Å². The molecule has 3 atom stereocenters. The molecule has 0 aromatic carbocycles. The summed E-state index contributed by atoms with van der Waals surface area (Å²) in [5.41, 5.74) is 6.20. The van der Waals surface area contributed by atoms with Crippen molar-refractivity contribution < 1.29 is 9.47 Å². The fraction of sp³-hybridized carbons (Fsp3) is 1.00. The van der Waals surface area contributed by atoms with E-state index in [1.165, 1.54) is 32.4 Å². The van der Waals surface area contributed by atoms with Crippen molar-refractivity contribution in [2.24, 2.45) is 17.6 Å². The van der Waals surface area contributed by atoms with Crippen LogP contribution in [-0.2, 0) is 9.47 Å². The number of rotatable bonds is 6. The van der Waals surface area contributed by atoms with Gasteiger partial charge in [0.25, 0.3) is 0 Å². The van der Waals surface area contributed by atoms with Crippen LogP contribution in [0.25, 0.3) is 0 Å². The van der Waals surface area contributed by atoms with E-state index in [2.05, 4.69) is 4.90 Å². The van der Waals surface area contributed by atoms with E-state index in [0.29, 0.717) is 19.3 Å². The summed E-state index contributed by atoms with van der Waals surface area (Å²) in [6, 6.07) is 0.438. The third-order valence-corrected chi connectivity index (χ3v) is 4.21. The van der Waals surface area contributed by atoms with E-state index in [-0.39, 0.29) is 12.4 Å². The maximum Gasteiger partial charge on any atom is 0.0700 e. The molecule has 108 valence electrons. The van der Waals surface area contributed by atoms with E-state index >= 15 is 0 Å². The van der Waals surface area contributed by atoms with Crippen LogP contribution in [0.5, 0.6) is 0 Å². The molecule has 0 amide bonds. The van der Waals surface area contributed by atoms with Gasteiger partial charge in [0.15, 0.2) is 0 Å². The molecule has 1 aliphatic heterocycles. The van der Waals surface area contributed by atoms with Crippen LogP contribution in [0.2, 0.25) is 0 Å². The summed E-state index contributed by atoms with van der Waals surface area (Å²) in [5.74, 6) is 1.58. The Morgan fingerprint density at radius 2 is 2.00 bits per heavy atom. The van der Waals surface area contributed by atoms with Gasteiger partial charge < -0.3 is 20.1 Å². The third-order valence-electron chi connectivity index (χ3n) is 4.21.